The summed E-state index contributed by atoms with van der Waals surface area (Å²) >= 11 is 5.97. The third-order valence-corrected chi connectivity index (χ3v) is 4.09. The Labute approximate surface area is 129 Å². The minimum atomic E-state index is -5.02. The molecule has 0 saturated heterocycles. The van der Waals surface area contributed by atoms with Crippen molar-refractivity contribution in [2.75, 3.05) is 0 Å². The number of nitrogens with zero attached hydrogens (tertiary/aromatic N) is 4. The minimum absolute atomic E-state index is 0.0576. The number of alkyl halides is 3. The van der Waals surface area contributed by atoms with Crippen LogP contribution in [0.4, 0.5) is 13.2 Å². The van der Waals surface area contributed by atoms with Crippen molar-refractivity contribution in [2.24, 2.45) is 5.10 Å². The van der Waals surface area contributed by atoms with Crippen LogP contribution in [0.3, 0.4) is 0 Å². The number of amides is 1. The summed E-state index contributed by atoms with van der Waals surface area (Å²) in [4.78, 5) is 12.3. The molecule has 1 N–H and O–H groups in total. The quantitative estimate of drug-likeness (QED) is 0.898. The van der Waals surface area contributed by atoms with E-state index in [1.54, 1.807) is 13.8 Å². The maximum absolute atomic E-state index is 13.0. The second kappa shape index (κ2) is 5.24. The van der Waals surface area contributed by atoms with E-state index in [4.69, 9.17) is 11.6 Å². The van der Waals surface area contributed by atoms with Crippen molar-refractivity contribution in [3.05, 3.63) is 16.4 Å². The van der Waals surface area contributed by atoms with Crippen LogP contribution in [0.5, 0.6) is 0 Å². The highest BCUT2D eigenvalue weighted by molar-refractivity contribution is 6.31. The monoisotopic (exact) mass is 338 g/mol. The predicted octanol–water partition coefficient (Wildman–Crippen LogP) is 2.18. The molecular formula is C12H14ClF3N4O2. The third kappa shape index (κ3) is 2.38. The van der Waals surface area contributed by atoms with Crippen molar-refractivity contribution in [3.63, 3.8) is 0 Å². The average Bonchev–Trinajstić information content (AvgIpc) is 2.94. The average molecular weight is 339 g/mol. The van der Waals surface area contributed by atoms with E-state index in [-0.39, 0.29) is 5.01 Å². The first kappa shape index (κ1) is 16.8. The first-order chi connectivity index (χ1) is 10.0. The highest BCUT2D eigenvalue weighted by atomic mass is 35.5. The molecule has 1 amide bonds. The summed E-state index contributed by atoms with van der Waals surface area (Å²) < 4.78 is 40.2. The molecule has 0 unspecified atom stereocenters. The first-order valence-corrected chi connectivity index (χ1v) is 6.75. The van der Waals surface area contributed by atoms with E-state index >= 15 is 0 Å². The maximum atomic E-state index is 13.0. The number of aromatic nitrogens is 2. The molecule has 1 aliphatic heterocycles. The van der Waals surface area contributed by atoms with Gasteiger partial charge in [-0.3, -0.25) is 9.48 Å². The van der Waals surface area contributed by atoms with Gasteiger partial charge in [-0.25, -0.2) is 0 Å². The lowest BCUT2D eigenvalue weighted by atomic mass is 10.1. The highest BCUT2D eigenvalue weighted by Crippen LogP contribution is 2.39. The van der Waals surface area contributed by atoms with Crippen molar-refractivity contribution in [3.8, 4) is 0 Å². The first-order valence-electron chi connectivity index (χ1n) is 6.37. The van der Waals surface area contributed by atoms with Crippen molar-refractivity contribution < 1.29 is 23.1 Å². The molecule has 0 aliphatic carbocycles. The number of rotatable bonds is 2. The van der Waals surface area contributed by atoms with Crippen molar-refractivity contribution in [1.29, 1.82) is 0 Å². The van der Waals surface area contributed by atoms with Gasteiger partial charge in [-0.1, -0.05) is 11.6 Å². The lowest BCUT2D eigenvalue weighted by Gasteiger charge is -2.34. The second-order valence-electron chi connectivity index (χ2n) is 5.07. The van der Waals surface area contributed by atoms with Gasteiger partial charge in [-0.05, 0) is 20.8 Å². The molecule has 2 heterocycles. The summed E-state index contributed by atoms with van der Waals surface area (Å²) in [7, 11) is 0. The highest BCUT2D eigenvalue weighted by Gasteiger charge is 2.62. The summed E-state index contributed by atoms with van der Waals surface area (Å²) in [5.41, 5.74) is -2.44. The standard InChI is InChI=1S/C12H14ClF3N4O2/c1-6-9(13)7(2)19(18-6)8(3)10(21)20-11(22,4-5-17-20)12(14,15)16/h5,8,22H,4H2,1-3H3/t8-,11-/m1/s1. The van der Waals surface area contributed by atoms with E-state index in [0.29, 0.717) is 16.4 Å². The SMILES string of the molecule is Cc1nn([C@H](C)C(=O)N2N=CC[C@@]2(O)C(F)(F)F)c(C)c1Cl. The Morgan fingerprint density at radius 1 is 1.50 bits per heavy atom. The minimum Gasteiger partial charge on any atom is -0.362 e. The van der Waals surface area contributed by atoms with Crippen LogP contribution in [0, 0.1) is 13.8 Å². The van der Waals surface area contributed by atoms with E-state index in [9.17, 15) is 23.1 Å². The molecule has 0 bridgehead atoms. The van der Waals surface area contributed by atoms with Crippen LogP contribution in [0.1, 0.15) is 30.8 Å². The number of halogens is 4. The lowest BCUT2D eigenvalue weighted by Crippen LogP contribution is -2.57. The molecule has 6 nitrogen and oxygen atoms in total. The molecule has 1 aliphatic rings. The van der Waals surface area contributed by atoms with Crippen LogP contribution in [0.15, 0.2) is 5.10 Å². The Balaban J connectivity index is 2.35. The molecular weight excluding hydrogens is 325 g/mol. The Morgan fingerprint density at radius 2 is 2.09 bits per heavy atom. The molecule has 2 atom stereocenters. The normalized spacial score (nSPS) is 23.2. The molecule has 0 fully saturated rings. The van der Waals surface area contributed by atoms with Crippen LogP contribution in [0.25, 0.3) is 0 Å². The fraction of sp³-hybridized carbons (Fsp3) is 0.583. The fourth-order valence-electron chi connectivity index (χ4n) is 2.21. The zero-order valence-corrected chi connectivity index (χ0v) is 12.8. The number of aryl methyl sites for hydroxylation is 1. The van der Waals surface area contributed by atoms with Crippen molar-refractivity contribution in [1.82, 2.24) is 14.8 Å². The Hall–Kier alpha value is -1.61. The maximum Gasteiger partial charge on any atom is 0.438 e. The molecule has 0 spiro atoms. The van der Waals surface area contributed by atoms with Gasteiger partial charge in [0.2, 0.25) is 0 Å². The number of carbonyl (C=O) groups excluding carboxylic acids is 1. The zero-order chi connectivity index (χ0) is 16.9. The lowest BCUT2D eigenvalue weighted by molar-refractivity contribution is -0.302. The Kier molecular flexibility index (Phi) is 3.99. The predicted molar refractivity (Wildman–Crippen MR) is 72.4 cm³/mol. The second-order valence-corrected chi connectivity index (χ2v) is 5.45. The van der Waals surface area contributed by atoms with Gasteiger partial charge in [0.1, 0.15) is 6.04 Å². The molecule has 1 aromatic rings. The Morgan fingerprint density at radius 3 is 2.55 bits per heavy atom. The van der Waals surface area contributed by atoms with Crippen LogP contribution in [-0.2, 0) is 4.79 Å². The molecule has 0 saturated carbocycles. The van der Waals surface area contributed by atoms with E-state index in [1.165, 1.54) is 11.6 Å². The molecule has 10 heteroatoms. The number of hydrazone groups is 1. The molecule has 122 valence electrons. The van der Waals surface area contributed by atoms with Gasteiger partial charge in [0.25, 0.3) is 11.6 Å². The van der Waals surface area contributed by atoms with E-state index in [2.05, 4.69) is 10.2 Å². The zero-order valence-electron chi connectivity index (χ0n) is 12.0. The summed E-state index contributed by atoms with van der Waals surface area (Å²) in [6.45, 7) is 4.57. The molecule has 2 rings (SSSR count). The number of aliphatic hydroxyl groups is 1. The van der Waals surface area contributed by atoms with E-state index in [1.807, 2.05) is 0 Å². The van der Waals surface area contributed by atoms with Gasteiger partial charge in [-0.15, -0.1) is 0 Å². The van der Waals surface area contributed by atoms with Crippen LogP contribution >= 0.6 is 11.6 Å². The van der Waals surface area contributed by atoms with Crippen LogP contribution in [-0.4, -0.2) is 43.9 Å². The van der Waals surface area contributed by atoms with Gasteiger partial charge in [0.15, 0.2) is 0 Å². The van der Waals surface area contributed by atoms with E-state index in [0.717, 1.165) is 6.21 Å². The topological polar surface area (TPSA) is 70.7 Å². The molecule has 0 radical (unpaired) electrons. The third-order valence-electron chi connectivity index (χ3n) is 3.55. The summed E-state index contributed by atoms with van der Waals surface area (Å²) in [6.07, 6.45) is -4.98. The number of carbonyl (C=O) groups is 1. The van der Waals surface area contributed by atoms with Crippen molar-refractivity contribution in [2.45, 2.75) is 45.1 Å². The van der Waals surface area contributed by atoms with Crippen LogP contribution < -0.4 is 0 Å². The summed E-state index contributed by atoms with van der Waals surface area (Å²) in [5, 5.41) is 17.6. The Bertz CT molecular complexity index is 643. The molecule has 22 heavy (non-hydrogen) atoms. The molecule has 1 aromatic heterocycles. The van der Waals surface area contributed by atoms with Gasteiger partial charge < -0.3 is 5.11 Å². The summed E-state index contributed by atoms with van der Waals surface area (Å²) in [6, 6.07) is -1.10. The van der Waals surface area contributed by atoms with Gasteiger partial charge in [0, 0.05) is 12.6 Å². The van der Waals surface area contributed by atoms with Gasteiger partial charge in [0.05, 0.1) is 16.4 Å². The summed E-state index contributed by atoms with van der Waals surface area (Å²) in [5.74, 6) is -1.03. The van der Waals surface area contributed by atoms with E-state index < -0.39 is 30.3 Å². The number of hydrogen-bond donors (Lipinski definition) is 1. The molecule has 0 aromatic carbocycles. The van der Waals surface area contributed by atoms with Crippen molar-refractivity contribution >= 4 is 23.7 Å². The fourth-order valence-corrected chi connectivity index (χ4v) is 2.33. The number of hydrogen-bond acceptors (Lipinski definition) is 4. The van der Waals surface area contributed by atoms with Gasteiger partial charge in [-0.2, -0.15) is 28.4 Å². The van der Waals surface area contributed by atoms with Gasteiger partial charge >= 0.3 is 6.18 Å². The smallest absolute Gasteiger partial charge is 0.362 e. The largest absolute Gasteiger partial charge is 0.438 e. The van der Waals surface area contributed by atoms with Crippen LogP contribution in [0.2, 0.25) is 5.02 Å².